The lowest BCUT2D eigenvalue weighted by Gasteiger charge is -2.21. The van der Waals surface area contributed by atoms with E-state index >= 15 is 4.39 Å². The van der Waals surface area contributed by atoms with Gasteiger partial charge in [-0.2, -0.15) is 5.10 Å². The molecule has 0 saturated carbocycles. The van der Waals surface area contributed by atoms with E-state index in [0.717, 1.165) is 5.56 Å². The average molecular weight is 650 g/mol. The quantitative estimate of drug-likeness (QED) is 0.254. The number of nitrogens with one attached hydrogen (secondary N) is 3. The lowest BCUT2D eigenvalue weighted by molar-refractivity contribution is -0.123. The lowest BCUT2D eigenvalue weighted by Crippen LogP contribution is -2.45. The molecule has 1 saturated heterocycles. The van der Waals surface area contributed by atoms with Crippen molar-refractivity contribution >= 4 is 17.7 Å². The molecule has 0 radical (unpaired) electrons. The highest BCUT2D eigenvalue weighted by Crippen LogP contribution is 2.28. The molecule has 48 heavy (non-hydrogen) atoms. The molecular weight excluding hydrogens is 620 g/mol. The van der Waals surface area contributed by atoms with Crippen LogP contribution in [0.2, 0.25) is 0 Å². The monoisotopic (exact) mass is 649 g/mol. The van der Waals surface area contributed by atoms with Gasteiger partial charge in [0.15, 0.2) is 6.61 Å². The van der Waals surface area contributed by atoms with Crippen molar-refractivity contribution in [2.24, 2.45) is 0 Å². The van der Waals surface area contributed by atoms with Crippen molar-refractivity contribution in [3.8, 4) is 33.9 Å². The first-order chi connectivity index (χ1) is 23.3. The minimum atomic E-state index is -0.727. The fraction of sp³-hybridized carbons (Fsp3) is 0.167. The second-order valence-corrected chi connectivity index (χ2v) is 11.5. The zero-order valence-corrected chi connectivity index (χ0v) is 25.4. The van der Waals surface area contributed by atoms with Gasteiger partial charge in [-0.1, -0.05) is 42.5 Å². The first-order valence-electron chi connectivity index (χ1n) is 15.3. The Morgan fingerprint density at radius 3 is 2.48 bits per heavy atom. The number of halogens is 2. The summed E-state index contributed by atoms with van der Waals surface area (Å²) in [5.41, 5.74) is 2.87. The zero-order chi connectivity index (χ0) is 33.2. The van der Waals surface area contributed by atoms with Gasteiger partial charge in [-0.05, 0) is 65.2 Å². The summed E-state index contributed by atoms with van der Waals surface area (Å²) in [6.45, 7) is 0.199. The number of fused-ring (bicyclic) bond motifs is 7. The molecule has 3 aliphatic heterocycles. The first kappa shape index (κ1) is 30.6. The number of rotatable bonds is 2. The van der Waals surface area contributed by atoms with Crippen LogP contribution in [0.25, 0.3) is 22.4 Å². The van der Waals surface area contributed by atoms with E-state index in [1.165, 1.54) is 41.4 Å². The van der Waals surface area contributed by atoms with Gasteiger partial charge in [0.1, 0.15) is 29.2 Å². The van der Waals surface area contributed by atoms with Crippen molar-refractivity contribution in [1.82, 2.24) is 25.7 Å². The van der Waals surface area contributed by atoms with Crippen LogP contribution in [0.15, 0.2) is 97.2 Å². The van der Waals surface area contributed by atoms with Crippen LogP contribution in [0.1, 0.15) is 26.3 Å². The normalized spacial score (nSPS) is 17.8. The van der Waals surface area contributed by atoms with Gasteiger partial charge < -0.3 is 25.0 Å². The molecule has 3 N–H and O–H groups in total. The number of likely N-dealkylation sites (tertiary alicyclic amines) is 1. The number of H-pyrrole nitrogens is 1. The summed E-state index contributed by atoms with van der Waals surface area (Å²) >= 11 is 0. The van der Waals surface area contributed by atoms with E-state index < -0.39 is 35.6 Å². The molecule has 6 bridgehead atoms. The number of amides is 3. The highest BCUT2D eigenvalue weighted by atomic mass is 19.1. The Balaban J connectivity index is 1.21. The highest BCUT2D eigenvalue weighted by molar-refractivity contribution is 6.00. The molecule has 5 aromatic rings. The molecule has 1 fully saturated rings. The number of carbonyl (C=O) groups is 3. The fourth-order valence-corrected chi connectivity index (χ4v) is 5.83. The van der Waals surface area contributed by atoms with Gasteiger partial charge >= 0.3 is 0 Å². The van der Waals surface area contributed by atoms with Gasteiger partial charge in [0.2, 0.25) is 0 Å². The lowest BCUT2D eigenvalue weighted by atomic mass is 10.0. The minimum absolute atomic E-state index is 0.0494. The Labute approximate surface area is 273 Å². The molecule has 4 aromatic carbocycles. The Morgan fingerprint density at radius 1 is 0.854 bits per heavy atom. The van der Waals surface area contributed by atoms with E-state index in [0.29, 0.717) is 33.9 Å². The highest BCUT2D eigenvalue weighted by Gasteiger charge is 2.39. The van der Waals surface area contributed by atoms with Crippen LogP contribution in [0.3, 0.4) is 0 Å². The Hall–Kier alpha value is -6.04. The molecule has 12 heteroatoms. The van der Waals surface area contributed by atoms with Gasteiger partial charge in [-0.25, -0.2) is 8.78 Å². The number of nitrogens with zero attached hydrogens (tertiary/aromatic N) is 2. The van der Waals surface area contributed by atoms with Gasteiger partial charge in [0, 0.05) is 18.7 Å². The number of hydrogen-bond donors (Lipinski definition) is 3. The van der Waals surface area contributed by atoms with Crippen molar-refractivity contribution in [1.29, 1.82) is 0 Å². The zero-order valence-electron chi connectivity index (χ0n) is 25.4. The molecule has 3 aliphatic rings. The summed E-state index contributed by atoms with van der Waals surface area (Å²) in [5.74, 6) is -1.67. The largest absolute Gasteiger partial charge is 0.486 e. The molecule has 0 aliphatic carbocycles. The van der Waals surface area contributed by atoms with E-state index in [1.54, 1.807) is 60.7 Å². The van der Waals surface area contributed by atoms with Crippen molar-refractivity contribution in [3.63, 3.8) is 0 Å². The molecule has 3 amide bonds. The molecule has 10 nitrogen and oxygen atoms in total. The Morgan fingerprint density at radius 2 is 1.65 bits per heavy atom. The molecule has 2 atom stereocenters. The second kappa shape index (κ2) is 13.0. The third-order valence-corrected chi connectivity index (χ3v) is 8.30. The van der Waals surface area contributed by atoms with Crippen LogP contribution in [-0.4, -0.2) is 64.7 Å². The molecule has 4 heterocycles. The maximum absolute atomic E-state index is 15.1. The van der Waals surface area contributed by atoms with Crippen molar-refractivity contribution in [2.45, 2.75) is 18.7 Å². The Bertz CT molecular complexity index is 2010. The SMILES string of the molecule is O=C1COc2cccc(c2)-c2ccc(F)c(c2)C(=O)N[C@H]2CN(C(=O)c3cn[nH]c3-c3cccc(F)c3)C[C@@H]2Oc2ccc(cc2)CN1. The number of carbonyl (C=O) groups excluding carboxylic acids is 3. The van der Waals surface area contributed by atoms with E-state index in [4.69, 9.17) is 9.47 Å². The summed E-state index contributed by atoms with van der Waals surface area (Å²) in [7, 11) is 0. The summed E-state index contributed by atoms with van der Waals surface area (Å²) in [5, 5.41) is 12.5. The number of aromatic nitrogens is 2. The van der Waals surface area contributed by atoms with Gasteiger partial charge in [0.05, 0.1) is 35.6 Å². The predicted molar refractivity (Wildman–Crippen MR) is 171 cm³/mol. The number of ether oxygens (including phenoxy) is 2. The summed E-state index contributed by atoms with van der Waals surface area (Å²) < 4.78 is 41.1. The van der Waals surface area contributed by atoms with E-state index in [-0.39, 0.29) is 43.3 Å². The minimum Gasteiger partial charge on any atom is -0.486 e. The Kier molecular flexibility index (Phi) is 8.28. The van der Waals surface area contributed by atoms with E-state index in [9.17, 15) is 18.8 Å². The van der Waals surface area contributed by atoms with Gasteiger partial charge in [-0.3, -0.25) is 19.5 Å². The summed E-state index contributed by atoms with van der Waals surface area (Å²) in [4.78, 5) is 41.5. The summed E-state index contributed by atoms with van der Waals surface area (Å²) in [6.07, 6.45) is 0.665. The fourth-order valence-electron chi connectivity index (χ4n) is 5.83. The van der Waals surface area contributed by atoms with E-state index in [1.807, 2.05) is 0 Å². The molecule has 8 rings (SSSR count). The van der Waals surface area contributed by atoms with Gasteiger partial charge in [0.25, 0.3) is 17.7 Å². The van der Waals surface area contributed by atoms with Crippen molar-refractivity contribution in [2.75, 3.05) is 19.7 Å². The molecule has 0 unspecified atom stereocenters. The van der Waals surface area contributed by atoms with Crippen LogP contribution in [-0.2, 0) is 11.3 Å². The molecule has 242 valence electrons. The third-order valence-electron chi connectivity index (χ3n) is 8.30. The maximum atomic E-state index is 15.1. The van der Waals surface area contributed by atoms with Crippen LogP contribution >= 0.6 is 0 Å². The topological polar surface area (TPSA) is 126 Å². The predicted octanol–water partition coefficient (Wildman–Crippen LogP) is 4.73. The van der Waals surface area contributed by atoms with Crippen LogP contribution in [0, 0.1) is 11.6 Å². The third kappa shape index (κ3) is 6.45. The maximum Gasteiger partial charge on any atom is 0.258 e. The van der Waals surface area contributed by atoms with Crippen molar-refractivity contribution < 1.29 is 32.6 Å². The average Bonchev–Trinajstić information content (AvgIpc) is 3.74. The van der Waals surface area contributed by atoms with E-state index in [2.05, 4.69) is 20.8 Å². The molecule has 1 aromatic heterocycles. The number of aromatic amines is 1. The van der Waals surface area contributed by atoms with Crippen LogP contribution in [0.5, 0.6) is 11.5 Å². The van der Waals surface area contributed by atoms with Crippen molar-refractivity contribution in [3.05, 3.63) is 126 Å². The standard InChI is InChI=1S/C36H29F2N5O5/c37-25-5-1-4-24(13-25)34-29(17-40-42-34)36(46)43-18-31-32(19-43)48-26-10-7-21(8-11-26)16-39-33(44)20-47-27-6-2-3-22(14-27)23-9-12-30(38)28(15-23)35(45)41-31/h1-15,17,31-32H,16,18-20H2,(H,39,44)(H,40,42)(H,41,45)/t31-,32-/m0/s1. The van der Waals surface area contributed by atoms with Gasteiger partial charge in [-0.15, -0.1) is 0 Å². The first-order valence-corrected chi connectivity index (χ1v) is 15.3. The number of hydrogen-bond acceptors (Lipinski definition) is 6. The summed E-state index contributed by atoms with van der Waals surface area (Å²) in [6, 6.07) is 23.3. The molecule has 0 spiro atoms. The molecular formula is C36H29F2N5O5. The smallest absolute Gasteiger partial charge is 0.258 e. The van der Waals surface area contributed by atoms with Crippen LogP contribution in [0.4, 0.5) is 8.78 Å². The number of benzene rings is 4. The van der Waals surface area contributed by atoms with Crippen LogP contribution < -0.4 is 20.1 Å². The second-order valence-electron chi connectivity index (χ2n) is 11.5.